The van der Waals surface area contributed by atoms with Crippen molar-refractivity contribution in [3.63, 3.8) is 0 Å². The van der Waals surface area contributed by atoms with Crippen LogP contribution in [0.4, 0.5) is 13.2 Å². The number of rotatable bonds is 6. The summed E-state index contributed by atoms with van der Waals surface area (Å²) >= 11 is 0. The third kappa shape index (κ3) is 5.01. The summed E-state index contributed by atoms with van der Waals surface area (Å²) in [4.78, 5) is 20.3. The predicted octanol–water partition coefficient (Wildman–Crippen LogP) is 7.33. The summed E-state index contributed by atoms with van der Waals surface area (Å²) in [6.45, 7) is 10.6. The Labute approximate surface area is 209 Å². The maximum absolute atomic E-state index is 13.7. The third-order valence-corrected chi connectivity index (χ3v) is 6.34. The van der Waals surface area contributed by atoms with Crippen LogP contribution in [0.5, 0.6) is 0 Å². The molecular formula is C29H30F3N3O. The number of hydrogen-bond donors (Lipinski definition) is 0. The van der Waals surface area contributed by atoms with Gasteiger partial charge in [-0.1, -0.05) is 30.7 Å². The van der Waals surface area contributed by atoms with Crippen molar-refractivity contribution in [3.8, 4) is 5.69 Å². The molecule has 4 nitrogen and oxygen atoms in total. The summed E-state index contributed by atoms with van der Waals surface area (Å²) in [6, 6.07) is 14.9. The minimum absolute atomic E-state index is 0.0749. The molecule has 1 heterocycles. The minimum Gasteiger partial charge on any atom is -0.331 e. The van der Waals surface area contributed by atoms with Gasteiger partial charge in [-0.25, -0.2) is 4.98 Å². The molecule has 3 aromatic carbocycles. The van der Waals surface area contributed by atoms with Gasteiger partial charge in [-0.15, -0.1) is 0 Å². The van der Waals surface area contributed by atoms with E-state index >= 15 is 0 Å². The molecule has 188 valence electrons. The third-order valence-electron chi connectivity index (χ3n) is 6.34. The molecule has 0 bridgehead atoms. The van der Waals surface area contributed by atoms with E-state index in [4.69, 9.17) is 4.98 Å². The van der Waals surface area contributed by atoms with Crippen molar-refractivity contribution in [3.05, 3.63) is 93.8 Å². The van der Waals surface area contributed by atoms with Gasteiger partial charge in [-0.2, -0.15) is 13.2 Å². The highest BCUT2D eigenvalue weighted by atomic mass is 19.4. The number of fused-ring (bicyclic) bond motifs is 1. The molecule has 0 fully saturated rings. The summed E-state index contributed by atoms with van der Waals surface area (Å²) in [5, 5.41) is 0. The summed E-state index contributed by atoms with van der Waals surface area (Å²) < 4.78 is 41.4. The highest BCUT2D eigenvalue weighted by Crippen LogP contribution is 2.31. The standard InChI is InChI=1S/C29H30F3N3O/c1-6-13-34(28(36)27-20(4)14-19(3)15-21(27)5)17-26-33-24-16-18(2)7-12-25(24)35(26)23-10-8-22(9-11-23)29(30,31)32/h7-12,14-16H,6,13,17H2,1-5H3. The molecule has 0 aliphatic rings. The number of amides is 1. The molecule has 0 aliphatic heterocycles. The lowest BCUT2D eigenvalue weighted by Crippen LogP contribution is -2.33. The normalized spacial score (nSPS) is 11.8. The maximum atomic E-state index is 13.7. The SMILES string of the molecule is CCCN(Cc1nc2cc(C)ccc2n1-c1ccc(C(F)(F)F)cc1)C(=O)c1c(C)cc(C)cc1C. The lowest BCUT2D eigenvalue weighted by Gasteiger charge is -2.24. The lowest BCUT2D eigenvalue weighted by molar-refractivity contribution is -0.137. The molecule has 1 aromatic heterocycles. The highest BCUT2D eigenvalue weighted by Gasteiger charge is 2.30. The van der Waals surface area contributed by atoms with Crippen LogP contribution in [-0.2, 0) is 12.7 Å². The van der Waals surface area contributed by atoms with Crippen LogP contribution in [0.15, 0.2) is 54.6 Å². The number of hydrogen-bond acceptors (Lipinski definition) is 2. The Balaban J connectivity index is 1.81. The Morgan fingerprint density at radius 2 is 1.56 bits per heavy atom. The van der Waals surface area contributed by atoms with Gasteiger partial charge >= 0.3 is 6.18 Å². The molecular weight excluding hydrogens is 463 g/mol. The first-order valence-electron chi connectivity index (χ1n) is 12.0. The number of alkyl halides is 3. The number of nitrogens with zero attached hydrogens (tertiary/aromatic N) is 3. The average molecular weight is 494 g/mol. The summed E-state index contributed by atoms with van der Waals surface area (Å²) in [5.41, 5.74) is 6.02. The van der Waals surface area contributed by atoms with Crippen molar-refractivity contribution < 1.29 is 18.0 Å². The molecule has 0 saturated heterocycles. The van der Waals surface area contributed by atoms with E-state index < -0.39 is 11.7 Å². The van der Waals surface area contributed by atoms with Gasteiger partial charge < -0.3 is 4.90 Å². The Kier molecular flexibility index (Phi) is 6.94. The average Bonchev–Trinajstić information content (AvgIpc) is 3.14. The molecule has 1 amide bonds. The van der Waals surface area contributed by atoms with Gasteiger partial charge in [0.05, 0.1) is 23.1 Å². The first kappa shape index (κ1) is 25.5. The van der Waals surface area contributed by atoms with E-state index in [9.17, 15) is 18.0 Å². The van der Waals surface area contributed by atoms with Crippen molar-refractivity contribution in [2.45, 2.75) is 53.8 Å². The van der Waals surface area contributed by atoms with Crippen LogP contribution in [0.1, 0.15) is 57.3 Å². The minimum atomic E-state index is -4.41. The molecule has 0 radical (unpaired) electrons. The fourth-order valence-electron chi connectivity index (χ4n) is 4.80. The Morgan fingerprint density at radius 3 is 2.14 bits per heavy atom. The highest BCUT2D eigenvalue weighted by molar-refractivity contribution is 5.97. The first-order chi connectivity index (χ1) is 17.0. The number of aromatic nitrogens is 2. The number of carbonyl (C=O) groups excluding carboxylic acids is 1. The monoisotopic (exact) mass is 493 g/mol. The van der Waals surface area contributed by atoms with Crippen LogP contribution >= 0.6 is 0 Å². The van der Waals surface area contributed by atoms with Crippen LogP contribution in [0.25, 0.3) is 16.7 Å². The van der Waals surface area contributed by atoms with Gasteiger partial charge in [-0.3, -0.25) is 9.36 Å². The maximum Gasteiger partial charge on any atom is 0.416 e. The van der Waals surface area contributed by atoms with E-state index in [-0.39, 0.29) is 12.5 Å². The molecule has 0 saturated carbocycles. The Morgan fingerprint density at radius 1 is 0.917 bits per heavy atom. The molecule has 4 aromatic rings. The predicted molar refractivity (Wildman–Crippen MR) is 136 cm³/mol. The molecule has 36 heavy (non-hydrogen) atoms. The lowest BCUT2D eigenvalue weighted by atomic mass is 9.98. The van der Waals surface area contributed by atoms with E-state index in [2.05, 4.69) is 0 Å². The van der Waals surface area contributed by atoms with E-state index in [0.717, 1.165) is 51.8 Å². The van der Waals surface area contributed by atoms with Gasteiger partial charge in [0.2, 0.25) is 0 Å². The van der Waals surface area contributed by atoms with Crippen molar-refractivity contribution in [1.29, 1.82) is 0 Å². The van der Waals surface area contributed by atoms with E-state index in [1.807, 2.05) is 69.5 Å². The number of carbonyl (C=O) groups is 1. The van der Waals surface area contributed by atoms with Gasteiger partial charge in [0.1, 0.15) is 5.82 Å². The zero-order chi connectivity index (χ0) is 26.2. The van der Waals surface area contributed by atoms with Crippen molar-refractivity contribution in [2.75, 3.05) is 6.54 Å². The number of aryl methyl sites for hydroxylation is 4. The van der Waals surface area contributed by atoms with Crippen LogP contribution in [0.2, 0.25) is 0 Å². The second-order valence-corrected chi connectivity index (χ2v) is 9.40. The molecule has 0 aliphatic carbocycles. The smallest absolute Gasteiger partial charge is 0.331 e. The van der Waals surface area contributed by atoms with Gasteiger partial charge in [-0.05, 0) is 87.2 Å². The first-order valence-corrected chi connectivity index (χ1v) is 12.0. The van der Waals surface area contributed by atoms with Gasteiger partial charge in [0, 0.05) is 17.8 Å². The summed E-state index contributed by atoms with van der Waals surface area (Å²) in [6.07, 6.45) is -3.65. The fraction of sp³-hybridized carbons (Fsp3) is 0.310. The zero-order valence-corrected chi connectivity index (χ0v) is 21.2. The quantitative estimate of drug-likeness (QED) is 0.282. The van der Waals surface area contributed by atoms with Gasteiger partial charge in [0.15, 0.2) is 0 Å². The molecule has 7 heteroatoms. The molecule has 0 spiro atoms. The van der Waals surface area contributed by atoms with E-state index in [1.165, 1.54) is 12.1 Å². The largest absolute Gasteiger partial charge is 0.416 e. The Hall–Kier alpha value is -3.61. The van der Waals surface area contributed by atoms with Crippen molar-refractivity contribution in [2.24, 2.45) is 0 Å². The topological polar surface area (TPSA) is 38.1 Å². The molecule has 4 rings (SSSR count). The van der Waals surface area contributed by atoms with Crippen molar-refractivity contribution in [1.82, 2.24) is 14.5 Å². The number of benzene rings is 3. The summed E-state index contributed by atoms with van der Waals surface area (Å²) in [5.74, 6) is 0.522. The summed E-state index contributed by atoms with van der Waals surface area (Å²) in [7, 11) is 0. The second kappa shape index (κ2) is 9.80. The van der Waals surface area contributed by atoms with E-state index in [0.29, 0.717) is 23.6 Å². The molecule has 0 N–H and O–H groups in total. The fourth-order valence-corrected chi connectivity index (χ4v) is 4.80. The van der Waals surface area contributed by atoms with Crippen molar-refractivity contribution >= 4 is 16.9 Å². The van der Waals surface area contributed by atoms with E-state index in [1.54, 1.807) is 4.90 Å². The van der Waals surface area contributed by atoms with Crippen LogP contribution in [-0.4, -0.2) is 26.9 Å². The van der Waals surface area contributed by atoms with Crippen LogP contribution < -0.4 is 0 Å². The number of halogens is 3. The second-order valence-electron chi connectivity index (χ2n) is 9.40. The molecule has 0 atom stereocenters. The number of imidazole rings is 1. The van der Waals surface area contributed by atoms with Gasteiger partial charge in [0.25, 0.3) is 5.91 Å². The zero-order valence-electron chi connectivity index (χ0n) is 21.2. The Bertz CT molecular complexity index is 1400. The molecule has 0 unspecified atom stereocenters. The van der Waals surface area contributed by atoms with Crippen LogP contribution in [0.3, 0.4) is 0 Å². The van der Waals surface area contributed by atoms with Crippen LogP contribution in [0, 0.1) is 27.7 Å².